The fourth-order valence-electron chi connectivity index (χ4n) is 2.41. The number of nitrogens with one attached hydrogen (secondary N) is 1. The summed E-state index contributed by atoms with van der Waals surface area (Å²) in [5.74, 6) is 1.24. The average Bonchev–Trinajstić information content (AvgIpc) is 3.14. The Morgan fingerprint density at radius 2 is 1.85 bits per heavy atom. The molecule has 0 aliphatic carbocycles. The molecule has 0 saturated heterocycles. The standard InChI is InChI=1S/C20H21N3O3S/c1-14(19(24)21-13-16-8-10-17(25-2)11-9-16)27-20-23-22-18(26-20)12-15-6-4-3-5-7-15/h3-11,14H,12-13H2,1-2H3,(H,21,24). The van der Waals surface area contributed by atoms with E-state index >= 15 is 0 Å². The van der Waals surface area contributed by atoms with Crippen LogP contribution in [-0.2, 0) is 17.8 Å². The molecule has 7 heteroatoms. The fraction of sp³-hybridized carbons (Fsp3) is 0.250. The van der Waals surface area contributed by atoms with Crippen LogP contribution in [0.15, 0.2) is 64.2 Å². The predicted molar refractivity (Wildman–Crippen MR) is 104 cm³/mol. The summed E-state index contributed by atoms with van der Waals surface area (Å²) in [5, 5.41) is 11.0. The summed E-state index contributed by atoms with van der Waals surface area (Å²) in [5.41, 5.74) is 2.10. The van der Waals surface area contributed by atoms with Crippen LogP contribution in [0, 0.1) is 0 Å². The van der Waals surface area contributed by atoms with Gasteiger partial charge in [-0.05, 0) is 30.2 Å². The van der Waals surface area contributed by atoms with Crippen LogP contribution in [0.3, 0.4) is 0 Å². The van der Waals surface area contributed by atoms with Crippen LogP contribution in [0.25, 0.3) is 0 Å². The van der Waals surface area contributed by atoms with Crippen molar-refractivity contribution >= 4 is 17.7 Å². The molecular weight excluding hydrogens is 362 g/mol. The van der Waals surface area contributed by atoms with E-state index in [4.69, 9.17) is 9.15 Å². The summed E-state index contributed by atoms with van der Waals surface area (Å²) in [6, 6.07) is 17.5. The minimum Gasteiger partial charge on any atom is -0.497 e. The van der Waals surface area contributed by atoms with Crippen LogP contribution < -0.4 is 10.1 Å². The van der Waals surface area contributed by atoms with E-state index in [0.29, 0.717) is 24.1 Å². The predicted octanol–water partition coefficient (Wildman–Crippen LogP) is 3.47. The lowest BCUT2D eigenvalue weighted by Gasteiger charge is -2.10. The lowest BCUT2D eigenvalue weighted by molar-refractivity contribution is -0.120. The number of aromatic nitrogens is 2. The molecule has 0 spiro atoms. The monoisotopic (exact) mass is 383 g/mol. The Labute approximate surface area is 162 Å². The van der Waals surface area contributed by atoms with Gasteiger partial charge in [0.15, 0.2) is 0 Å². The highest BCUT2D eigenvalue weighted by atomic mass is 32.2. The van der Waals surface area contributed by atoms with Gasteiger partial charge < -0.3 is 14.5 Å². The molecule has 0 bridgehead atoms. The van der Waals surface area contributed by atoms with Gasteiger partial charge in [-0.15, -0.1) is 10.2 Å². The van der Waals surface area contributed by atoms with Crippen LogP contribution in [0.2, 0.25) is 0 Å². The van der Waals surface area contributed by atoms with Crippen molar-refractivity contribution in [1.82, 2.24) is 15.5 Å². The number of rotatable bonds is 8. The van der Waals surface area contributed by atoms with Crippen LogP contribution >= 0.6 is 11.8 Å². The second-order valence-corrected chi connectivity index (χ2v) is 7.24. The quantitative estimate of drug-likeness (QED) is 0.600. The van der Waals surface area contributed by atoms with E-state index in [0.717, 1.165) is 16.9 Å². The van der Waals surface area contributed by atoms with E-state index in [1.165, 1.54) is 11.8 Å². The van der Waals surface area contributed by atoms with Gasteiger partial charge in [0, 0.05) is 6.54 Å². The molecule has 2 aromatic carbocycles. The van der Waals surface area contributed by atoms with Crippen LogP contribution in [0.4, 0.5) is 0 Å². The fourth-order valence-corrected chi connectivity index (χ4v) is 3.13. The van der Waals surface area contributed by atoms with Gasteiger partial charge in [-0.2, -0.15) is 0 Å². The number of ether oxygens (including phenoxy) is 1. The maximum absolute atomic E-state index is 12.3. The summed E-state index contributed by atoms with van der Waals surface area (Å²) in [6.07, 6.45) is 0.576. The molecule has 1 unspecified atom stereocenters. The highest BCUT2D eigenvalue weighted by Gasteiger charge is 2.18. The van der Waals surface area contributed by atoms with Gasteiger partial charge in [0.2, 0.25) is 11.8 Å². The summed E-state index contributed by atoms with van der Waals surface area (Å²) in [7, 11) is 1.62. The largest absolute Gasteiger partial charge is 0.497 e. The Morgan fingerprint density at radius 1 is 1.11 bits per heavy atom. The van der Waals surface area contributed by atoms with Gasteiger partial charge in [0.05, 0.1) is 18.8 Å². The van der Waals surface area contributed by atoms with Crippen LogP contribution in [0.1, 0.15) is 23.9 Å². The van der Waals surface area contributed by atoms with Crippen molar-refractivity contribution in [1.29, 1.82) is 0 Å². The first-order valence-electron chi connectivity index (χ1n) is 8.57. The summed E-state index contributed by atoms with van der Waals surface area (Å²) in [6.45, 7) is 2.27. The SMILES string of the molecule is COc1ccc(CNC(=O)C(C)Sc2nnc(Cc3ccccc3)o2)cc1. The summed E-state index contributed by atoms with van der Waals surface area (Å²) in [4.78, 5) is 12.3. The van der Waals surface area contributed by atoms with Crippen molar-refractivity contribution in [2.75, 3.05) is 7.11 Å². The molecule has 27 heavy (non-hydrogen) atoms. The number of methoxy groups -OCH3 is 1. The topological polar surface area (TPSA) is 77.2 Å². The Hall–Kier alpha value is -2.80. The molecule has 3 aromatic rings. The van der Waals surface area contributed by atoms with E-state index in [1.807, 2.05) is 61.5 Å². The highest BCUT2D eigenvalue weighted by Crippen LogP contribution is 2.23. The third kappa shape index (κ3) is 5.59. The lowest BCUT2D eigenvalue weighted by Crippen LogP contribution is -2.30. The molecule has 0 fully saturated rings. The van der Waals surface area contributed by atoms with Crippen molar-refractivity contribution in [3.05, 3.63) is 71.6 Å². The zero-order valence-electron chi connectivity index (χ0n) is 15.2. The molecule has 1 aromatic heterocycles. The Morgan fingerprint density at radius 3 is 2.56 bits per heavy atom. The normalized spacial score (nSPS) is 11.8. The number of benzene rings is 2. The minimum atomic E-state index is -0.340. The average molecular weight is 383 g/mol. The highest BCUT2D eigenvalue weighted by molar-refractivity contribution is 8.00. The molecule has 0 radical (unpaired) electrons. The zero-order valence-corrected chi connectivity index (χ0v) is 16.0. The van der Waals surface area contributed by atoms with E-state index in [-0.39, 0.29) is 11.2 Å². The number of amides is 1. The summed E-state index contributed by atoms with van der Waals surface area (Å²) < 4.78 is 10.8. The van der Waals surface area contributed by atoms with Crippen LogP contribution in [-0.4, -0.2) is 28.5 Å². The number of thioether (sulfide) groups is 1. The van der Waals surface area contributed by atoms with Crippen molar-refractivity contribution in [2.24, 2.45) is 0 Å². The number of nitrogens with zero attached hydrogens (tertiary/aromatic N) is 2. The lowest BCUT2D eigenvalue weighted by atomic mass is 10.2. The maximum atomic E-state index is 12.3. The van der Waals surface area contributed by atoms with Crippen molar-refractivity contribution < 1.29 is 13.9 Å². The van der Waals surface area contributed by atoms with Gasteiger partial charge in [0.1, 0.15) is 5.75 Å². The molecule has 3 rings (SSSR count). The van der Waals surface area contributed by atoms with E-state index < -0.39 is 0 Å². The Kier molecular flexibility index (Phi) is 6.49. The van der Waals surface area contributed by atoms with Gasteiger partial charge in [0.25, 0.3) is 5.22 Å². The molecule has 1 amide bonds. The zero-order chi connectivity index (χ0) is 19.1. The second-order valence-electron chi connectivity index (χ2n) is 5.95. The number of carbonyl (C=O) groups is 1. The molecule has 1 atom stereocenters. The van der Waals surface area contributed by atoms with Crippen LogP contribution in [0.5, 0.6) is 5.75 Å². The van der Waals surface area contributed by atoms with Gasteiger partial charge >= 0.3 is 0 Å². The van der Waals surface area contributed by atoms with E-state index in [1.54, 1.807) is 7.11 Å². The Balaban J connectivity index is 1.49. The molecule has 1 N–H and O–H groups in total. The number of hydrogen-bond acceptors (Lipinski definition) is 6. The van der Waals surface area contributed by atoms with Gasteiger partial charge in [-0.1, -0.05) is 54.2 Å². The molecular formula is C20H21N3O3S. The van der Waals surface area contributed by atoms with E-state index in [9.17, 15) is 4.79 Å². The first kappa shape index (κ1) is 19.0. The van der Waals surface area contributed by atoms with Crippen molar-refractivity contribution in [2.45, 2.75) is 30.4 Å². The molecule has 0 aliphatic rings. The molecule has 0 aliphatic heterocycles. The number of carbonyl (C=O) groups excluding carboxylic acids is 1. The molecule has 6 nitrogen and oxygen atoms in total. The molecule has 1 heterocycles. The van der Waals surface area contributed by atoms with Crippen molar-refractivity contribution in [3.63, 3.8) is 0 Å². The minimum absolute atomic E-state index is 0.0846. The van der Waals surface area contributed by atoms with E-state index in [2.05, 4.69) is 15.5 Å². The molecule has 140 valence electrons. The molecule has 0 saturated carbocycles. The smallest absolute Gasteiger partial charge is 0.277 e. The third-order valence-electron chi connectivity index (χ3n) is 3.92. The summed E-state index contributed by atoms with van der Waals surface area (Å²) >= 11 is 1.25. The van der Waals surface area contributed by atoms with Crippen molar-refractivity contribution in [3.8, 4) is 5.75 Å². The van der Waals surface area contributed by atoms with Gasteiger partial charge in [-0.3, -0.25) is 4.79 Å². The third-order valence-corrected chi connectivity index (χ3v) is 4.85. The van der Waals surface area contributed by atoms with Gasteiger partial charge in [-0.25, -0.2) is 0 Å². The Bertz CT molecular complexity index is 866. The second kappa shape index (κ2) is 9.23. The number of hydrogen-bond donors (Lipinski definition) is 1. The first-order valence-corrected chi connectivity index (χ1v) is 9.45. The maximum Gasteiger partial charge on any atom is 0.277 e. The first-order chi connectivity index (χ1) is 13.1.